The van der Waals surface area contributed by atoms with Crippen LogP contribution in [-0.4, -0.2) is 30.7 Å². The van der Waals surface area contributed by atoms with E-state index in [-0.39, 0.29) is 0 Å². The molecule has 1 saturated heterocycles. The highest BCUT2D eigenvalue weighted by Crippen LogP contribution is 2.15. The van der Waals surface area contributed by atoms with Crippen LogP contribution in [0.1, 0.15) is 32.1 Å². The number of aliphatic imine (C=N–C) groups is 1. The lowest BCUT2D eigenvalue weighted by atomic mass is 10.0. The van der Waals surface area contributed by atoms with Crippen molar-refractivity contribution in [2.75, 3.05) is 19.6 Å². The zero-order valence-corrected chi connectivity index (χ0v) is 8.86. The Morgan fingerprint density at radius 1 is 1.14 bits per heavy atom. The Morgan fingerprint density at radius 2 is 1.93 bits per heavy atom. The van der Waals surface area contributed by atoms with Crippen LogP contribution in [0.4, 0.5) is 0 Å². The molecule has 2 aliphatic heterocycles. The Hall–Kier alpha value is -0.630. The van der Waals surface area contributed by atoms with Gasteiger partial charge in [0, 0.05) is 19.0 Å². The van der Waals surface area contributed by atoms with Gasteiger partial charge in [-0.15, -0.1) is 0 Å². The van der Waals surface area contributed by atoms with Gasteiger partial charge < -0.3 is 4.90 Å². The topological polar surface area (TPSA) is 15.6 Å². The lowest BCUT2D eigenvalue weighted by Crippen LogP contribution is -2.30. The Bertz CT molecular complexity index is 212. The molecule has 0 saturated carbocycles. The van der Waals surface area contributed by atoms with Gasteiger partial charge >= 0.3 is 0 Å². The van der Waals surface area contributed by atoms with Crippen molar-refractivity contribution >= 4 is 6.21 Å². The van der Waals surface area contributed by atoms with Gasteiger partial charge in [0.15, 0.2) is 0 Å². The fourth-order valence-electron chi connectivity index (χ4n) is 2.29. The molecule has 0 aliphatic carbocycles. The van der Waals surface area contributed by atoms with Gasteiger partial charge in [0.25, 0.3) is 0 Å². The summed E-state index contributed by atoms with van der Waals surface area (Å²) >= 11 is 0. The van der Waals surface area contributed by atoms with Crippen molar-refractivity contribution in [3.63, 3.8) is 0 Å². The van der Waals surface area contributed by atoms with Crippen molar-refractivity contribution in [3.8, 4) is 0 Å². The van der Waals surface area contributed by atoms with Gasteiger partial charge in [-0.25, -0.2) is 0 Å². The predicted molar refractivity (Wildman–Crippen MR) is 60.6 cm³/mol. The highest BCUT2D eigenvalue weighted by Gasteiger charge is 2.13. The molecule has 0 aromatic carbocycles. The molecule has 2 aliphatic rings. The minimum atomic E-state index is 0.714. The van der Waals surface area contributed by atoms with E-state index in [9.17, 15) is 0 Å². The summed E-state index contributed by atoms with van der Waals surface area (Å²) in [5, 5.41) is 0. The molecule has 2 heterocycles. The van der Waals surface area contributed by atoms with Crippen molar-refractivity contribution in [1.82, 2.24) is 4.90 Å². The van der Waals surface area contributed by atoms with Gasteiger partial charge in [0.2, 0.25) is 0 Å². The monoisotopic (exact) mass is 192 g/mol. The van der Waals surface area contributed by atoms with Crippen molar-refractivity contribution in [2.24, 2.45) is 10.9 Å². The third-order valence-corrected chi connectivity index (χ3v) is 3.15. The first-order valence-corrected chi connectivity index (χ1v) is 5.86. The maximum atomic E-state index is 4.11. The smallest absolute Gasteiger partial charge is 0.0227 e. The molecule has 1 atom stereocenters. The zero-order valence-electron chi connectivity index (χ0n) is 8.86. The van der Waals surface area contributed by atoms with Crippen LogP contribution in [0.25, 0.3) is 0 Å². The highest BCUT2D eigenvalue weighted by molar-refractivity contribution is 5.60. The molecule has 14 heavy (non-hydrogen) atoms. The third-order valence-electron chi connectivity index (χ3n) is 3.15. The average Bonchev–Trinajstić information content (AvgIpc) is 2.48. The molecule has 0 spiro atoms. The van der Waals surface area contributed by atoms with Gasteiger partial charge in [-0.2, -0.15) is 0 Å². The van der Waals surface area contributed by atoms with E-state index in [4.69, 9.17) is 0 Å². The standard InChI is InChI=1S/C12H20N2/c1-2-4-10-14(9-3-1)11-12-5-7-13-8-6-12/h5,7-8,12H,1-4,6,9-11H2. The van der Waals surface area contributed by atoms with E-state index in [0.717, 1.165) is 6.42 Å². The molecule has 0 aromatic heterocycles. The SMILES string of the molecule is C1=CC(CN2CCCCCC2)CC=N1. The highest BCUT2D eigenvalue weighted by atomic mass is 15.1. The lowest BCUT2D eigenvalue weighted by Gasteiger charge is -2.24. The summed E-state index contributed by atoms with van der Waals surface area (Å²) in [7, 11) is 0. The number of hydrogen-bond acceptors (Lipinski definition) is 2. The van der Waals surface area contributed by atoms with E-state index < -0.39 is 0 Å². The number of hydrogen-bond donors (Lipinski definition) is 0. The first-order chi connectivity index (χ1) is 6.95. The Balaban J connectivity index is 1.77. The van der Waals surface area contributed by atoms with Gasteiger partial charge in [-0.3, -0.25) is 4.99 Å². The van der Waals surface area contributed by atoms with Crippen LogP contribution in [0.5, 0.6) is 0 Å². The van der Waals surface area contributed by atoms with Crippen LogP contribution in [0.15, 0.2) is 17.3 Å². The largest absolute Gasteiger partial charge is 0.303 e. The third kappa shape index (κ3) is 2.95. The minimum Gasteiger partial charge on any atom is -0.303 e. The summed E-state index contributed by atoms with van der Waals surface area (Å²) in [4.78, 5) is 6.74. The summed E-state index contributed by atoms with van der Waals surface area (Å²) in [6.45, 7) is 3.85. The summed E-state index contributed by atoms with van der Waals surface area (Å²) < 4.78 is 0. The molecular weight excluding hydrogens is 172 g/mol. The van der Waals surface area contributed by atoms with Gasteiger partial charge in [0.05, 0.1) is 0 Å². The molecule has 0 amide bonds. The molecule has 0 radical (unpaired) electrons. The number of likely N-dealkylation sites (tertiary alicyclic amines) is 1. The average molecular weight is 192 g/mol. The molecule has 0 N–H and O–H groups in total. The Labute approximate surface area is 86.7 Å². The van der Waals surface area contributed by atoms with E-state index >= 15 is 0 Å². The van der Waals surface area contributed by atoms with E-state index in [1.54, 1.807) is 0 Å². The number of rotatable bonds is 2. The van der Waals surface area contributed by atoms with Crippen LogP contribution in [0.2, 0.25) is 0 Å². The molecule has 2 nitrogen and oxygen atoms in total. The second-order valence-electron chi connectivity index (χ2n) is 4.38. The summed E-state index contributed by atoms with van der Waals surface area (Å²) in [5.41, 5.74) is 0. The lowest BCUT2D eigenvalue weighted by molar-refractivity contribution is 0.259. The molecule has 78 valence electrons. The van der Waals surface area contributed by atoms with Crippen LogP contribution in [0, 0.1) is 5.92 Å². The van der Waals surface area contributed by atoms with E-state index in [0.29, 0.717) is 5.92 Å². The van der Waals surface area contributed by atoms with Crippen LogP contribution < -0.4 is 0 Å². The molecule has 0 aromatic rings. The van der Waals surface area contributed by atoms with Gasteiger partial charge in [-0.1, -0.05) is 18.9 Å². The summed E-state index contributed by atoms with van der Waals surface area (Å²) in [6, 6.07) is 0. The molecular formula is C12H20N2. The zero-order chi connectivity index (χ0) is 9.64. The van der Waals surface area contributed by atoms with E-state index in [1.165, 1.54) is 45.3 Å². The Morgan fingerprint density at radius 3 is 2.57 bits per heavy atom. The fraction of sp³-hybridized carbons (Fsp3) is 0.750. The Kier molecular flexibility index (Phi) is 3.75. The van der Waals surface area contributed by atoms with Crippen LogP contribution in [-0.2, 0) is 0 Å². The molecule has 1 fully saturated rings. The minimum absolute atomic E-state index is 0.714. The van der Waals surface area contributed by atoms with Crippen molar-refractivity contribution < 1.29 is 0 Å². The maximum Gasteiger partial charge on any atom is 0.0227 e. The first-order valence-electron chi connectivity index (χ1n) is 5.86. The first kappa shape index (κ1) is 9.91. The molecule has 2 rings (SSSR count). The molecule has 2 heteroatoms. The summed E-state index contributed by atoms with van der Waals surface area (Å²) in [6.07, 6.45) is 13.0. The van der Waals surface area contributed by atoms with E-state index in [1.807, 2.05) is 12.4 Å². The molecule has 0 bridgehead atoms. The summed E-state index contributed by atoms with van der Waals surface area (Å²) in [5.74, 6) is 0.714. The fourth-order valence-corrected chi connectivity index (χ4v) is 2.29. The van der Waals surface area contributed by atoms with Crippen LogP contribution >= 0.6 is 0 Å². The quantitative estimate of drug-likeness (QED) is 0.656. The second kappa shape index (κ2) is 5.30. The van der Waals surface area contributed by atoms with Crippen LogP contribution in [0.3, 0.4) is 0 Å². The predicted octanol–water partition coefficient (Wildman–Crippen LogP) is 2.47. The maximum absolute atomic E-state index is 4.11. The van der Waals surface area contributed by atoms with Gasteiger partial charge in [0.1, 0.15) is 0 Å². The van der Waals surface area contributed by atoms with Crippen molar-refractivity contribution in [3.05, 3.63) is 12.3 Å². The van der Waals surface area contributed by atoms with E-state index in [2.05, 4.69) is 16.0 Å². The van der Waals surface area contributed by atoms with Gasteiger partial charge in [-0.05, 0) is 38.3 Å². The van der Waals surface area contributed by atoms with Crippen molar-refractivity contribution in [2.45, 2.75) is 32.1 Å². The second-order valence-corrected chi connectivity index (χ2v) is 4.38. The normalized spacial score (nSPS) is 29.0. The molecule has 1 unspecified atom stereocenters. The van der Waals surface area contributed by atoms with Crippen molar-refractivity contribution in [1.29, 1.82) is 0 Å². The number of nitrogens with zero attached hydrogens (tertiary/aromatic N) is 2.